The zero-order chi connectivity index (χ0) is 13.1. The highest BCUT2D eigenvalue weighted by Gasteiger charge is 2.06. The summed E-state index contributed by atoms with van der Waals surface area (Å²) < 4.78 is 14.7. The largest absolute Gasteiger partial charge is 0.352 e. The van der Waals surface area contributed by atoms with E-state index >= 15 is 0 Å². The first-order valence-electron chi connectivity index (χ1n) is 5.02. The van der Waals surface area contributed by atoms with Gasteiger partial charge in [-0.3, -0.25) is 0 Å². The number of nitrogens with zero attached hydrogens (tertiary/aromatic N) is 1. The van der Waals surface area contributed by atoms with E-state index in [-0.39, 0.29) is 11.3 Å². The Balaban J connectivity index is 2.32. The molecule has 0 fully saturated rings. The molecule has 1 N–H and O–H groups in total. The highest BCUT2D eigenvalue weighted by Crippen LogP contribution is 2.28. The molecule has 18 heavy (non-hydrogen) atoms. The first-order chi connectivity index (χ1) is 8.60. The van der Waals surface area contributed by atoms with Crippen molar-refractivity contribution in [2.75, 3.05) is 5.32 Å². The maximum atomic E-state index is 13.7. The van der Waals surface area contributed by atoms with Gasteiger partial charge in [0.2, 0.25) is 0 Å². The second-order valence-corrected chi connectivity index (χ2v) is 5.21. The van der Waals surface area contributed by atoms with Gasteiger partial charge in [-0.1, -0.05) is 11.6 Å². The van der Waals surface area contributed by atoms with Crippen molar-refractivity contribution in [3.05, 3.63) is 56.4 Å². The maximum Gasteiger partial charge on any atom is 0.147 e. The summed E-state index contributed by atoms with van der Waals surface area (Å²) in [7, 11) is 0. The average molecular weight is 373 g/mol. The fourth-order valence-electron chi connectivity index (χ4n) is 1.42. The summed E-state index contributed by atoms with van der Waals surface area (Å²) in [6.45, 7) is 0. The van der Waals surface area contributed by atoms with E-state index in [2.05, 4.69) is 27.9 Å². The number of hydrogen-bond donors (Lipinski definition) is 1. The van der Waals surface area contributed by atoms with E-state index in [0.717, 1.165) is 3.57 Å². The maximum absolute atomic E-state index is 13.7. The lowest BCUT2D eigenvalue weighted by Crippen LogP contribution is -1.95. The summed E-state index contributed by atoms with van der Waals surface area (Å²) in [6.07, 6.45) is 0. The van der Waals surface area contributed by atoms with Crippen LogP contribution in [0.3, 0.4) is 0 Å². The van der Waals surface area contributed by atoms with E-state index in [1.807, 2.05) is 12.1 Å². The molecule has 0 aliphatic rings. The molecular formula is C13H7ClFIN2. The zero-order valence-electron chi connectivity index (χ0n) is 9.05. The lowest BCUT2D eigenvalue weighted by Gasteiger charge is -2.09. The van der Waals surface area contributed by atoms with Crippen LogP contribution in [0.25, 0.3) is 0 Å². The van der Waals surface area contributed by atoms with Crippen molar-refractivity contribution in [3.8, 4) is 6.07 Å². The lowest BCUT2D eigenvalue weighted by atomic mass is 10.2. The van der Waals surface area contributed by atoms with Crippen molar-refractivity contribution in [2.45, 2.75) is 0 Å². The van der Waals surface area contributed by atoms with Crippen LogP contribution in [0, 0.1) is 20.7 Å². The number of rotatable bonds is 2. The third-order valence-electron chi connectivity index (χ3n) is 2.30. The molecule has 0 atom stereocenters. The summed E-state index contributed by atoms with van der Waals surface area (Å²) in [5.74, 6) is -0.483. The van der Waals surface area contributed by atoms with Gasteiger partial charge in [0.05, 0.1) is 28.0 Å². The minimum absolute atomic E-state index is 0.284. The molecule has 0 spiro atoms. The molecule has 0 aromatic heterocycles. The molecule has 0 saturated carbocycles. The molecule has 2 rings (SSSR count). The third-order valence-corrected chi connectivity index (χ3v) is 3.28. The SMILES string of the molecule is N#Cc1ccc(Nc2ccc(I)cc2Cl)c(F)c1. The summed E-state index contributed by atoms with van der Waals surface area (Å²) >= 11 is 8.20. The van der Waals surface area contributed by atoms with Crippen molar-refractivity contribution in [3.63, 3.8) is 0 Å². The Morgan fingerprint density at radius 3 is 2.50 bits per heavy atom. The Labute approximate surface area is 123 Å². The number of nitrogens with one attached hydrogen (secondary N) is 1. The molecule has 0 aliphatic heterocycles. The van der Waals surface area contributed by atoms with Crippen LogP contribution in [0.4, 0.5) is 15.8 Å². The van der Waals surface area contributed by atoms with Gasteiger partial charge in [0.25, 0.3) is 0 Å². The van der Waals surface area contributed by atoms with Crippen LogP contribution in [-0.4, -0.2) is 0 Å². The van der Waals surface area contributed by atoms with E-state index in [4.69, 9.17) is 16.9 Å². The average Bonchev–Trinajstić information content (AvgIpc) is 2.34. The van der Waals surface area contributed by atoms with Crippen LogP contribution in [0.15, 0.2) is 36.4 Å². The molecule has 90 valence electrons. The molecule has 2 aromatic rings. The molecule has 0 heterocycles. The van der Waals surface area contributed by atoms with Crippen molar-refractivity contribution in [2.24, 2.45) is 0 Å². The molecule has 0 saturated heterocycles. The van der Waals surface area contributed by atoms with Crippen LogP contribution >= 0.6 is 34.2 Å². The van der Waals surface area contributed by atoms with E-state index in [1.54, 1.807) is 18.2 Å². The predicted molar refractivity (Wildman–Crippen MR) is 78.6 cm³/mol. The monoisotopic (exact) mass is 372 g/mol. The van der Waals surface area contributed by atoms with Crippen molar-refractivity contribution in [1.82, 2.24) is 0 Å². The van der Waals surface area contributed by atoms with Crippen LogP contribution in [-0.2, 0) is 0 Å². The Bertz CT molecular complexity index is 637. The minimum atomic E-state index is -0.483. The number of nitriles is 1. The summed E-state index contributed by atoms with van der Waals surface area (Å²) in [5, 5.41) is 12.1. The van der Waals surface area contributed by atoms with Gasteiger partial charge in [-0.25, -0.2) is 4.39 Å². The molecule has 2 aromatic carbocycles. The van der Waals surface area contributed by atoms with Crippen LogP contribution in [0.1, 0.15) is 5.56 Å². The zero-order valence-corrected chi connectivity index (χ0v) is 12.0. The fourth-order valence-corrected chi connectivity index (χ4v) is 2.33. The molecule has 5 heteroatoms. The molecule has 2 nitrogen and oxygen atoms in total. The highest BCUT2D eigenvalue weighted by atomic mass is 127. The Morgan fingerprint density at radius 2 is 1.89 bits per heavy atom. The van der Waals surface area contributed by atoms with Crippen LogP contribution in [0.2, 0.25) is 5.02 Å². The lowest BCUT2D eigenvalue weighted by molar-refractivity contribution is 0.631. The van der Waals surface area contributed by atoms with Gasteiger partial charge in [0.15, 0.2) is 0 Å². The summed E-state index contributed by atoms with van der Waals surface area (Å²) in [6, 6.07) is 11.6. The van der Waals surface area contributed by atoms with E-state index in [1.165, 1.54) is 12.1 Å². The molecule has 0 aliphatic carbocycles. The Kier molecular flexibility index (Phi) is 4.04. The van der Waals surface area contributed by atoms with Crippen molar-refractivity contribution in [1.29, 1.82) is 5.26 Å². The fraction of sp³-hybridized carbons (Fsp3) is 0. The Morgan fingerprint density at radius 1 is 1.17 bits per heavy atom. The predicted octanol–water partition coefficient (Wildman–Crippen LogP) is 4.70. The van der Waals surface area contributed by atoms with Crippen molar-refractivity contribution >= 4 is 45.6 Å². The second kappa shape index (κ2) is 5.55. The van der Waals surface area contributed by atoms with Gasteiger partial charge in [-0.05, 0) is 59.0 Å². The second-order valence-electron chi connectivity index (χ2n) is 3.56. The molecule has 0 unspecified atom stereocenters. The van der Waals surface area contributed by atoms with Gasteiger partial charge in [-0.2, -0.15) is 5.26 Å². The Hall–Kier alpha value is -1.32. The normalized spacial score (nSPS) is 9.89. The topological polar surface area (TPSA) is 35.8 Å². The molecular weight excluding hydrogens is 366 g/mol. The summed E-state index contributed by atoms with van der Waals surface area (Å²) in [4.78, 5) is 0. The van der Waals surface area contributed by atoms with Gasteiger partial charge in [0.1, 0.15) is 5.82 Å². The van der Waals surface area contributed by atoms with Crippen LogP contribution < -0.4 is 5.32 Å². The van der Waals surface area contributed by atoms with E-state index in [9.17, 15) is 4.39 Å². The number of halogens is 3. The number of anilines is 2. The number of benzene rings is 2. The minimum Gasteiger partial charge on any atom is -0.352 e. The quantitative estimate of drug-likeness (QED) is 0.776. The first kappa shape index (κ1) is 13.1. The van der Waals surface area contributed by atoms with Gasteiger partial charge >= 0.3 is 0 Å². The van der Waals surface area contributed by atoms with Crippen molar-refractivity contribution < 1.29 is 4.39 Å². The standard InChI is InChI=1S/C13H7ClFIN2/c14-10-6-9(16)2-4-12(10)18-13-3-1-8(7-17)5-11(13)15/h1-6,18H. The first-order valence-corrected chi connectivity index (χ1v) is 6.47. The smallest absolute Gasteiger partial charge is 0.147 e. The van der Waals surface area contributed by atoms with E-state index < -0.39 is 5.82 Å². The molecule has 0 amide bonds. The van der Waals surface area contributed by atoms with E-state index in [0.29, 0.717) is 10.7 Å². The van der Waals surface area contributed by atoms with Gasteiger partial charge in [0, 0.05) is 3.57 Å². The third kappa shape index (κ3) is 2.92. The number of hydrogen-bond acceptors (Lipinski definition) is 2. The van der Waals surface area contributed by atoms with Gasteiger partial charge < -0.3 is 5.32 Å². The van der Waals surface area contributed by atoms with Gasteiger partial charge in [-0.15, -0.1) is 0 Å². The summed E-state index contributed by atoms with van der Waals surface area (Å²) in [5.41, 5.74) is 1.20. The molecule has 0 radical (unpaired) electrons. The molecule has 0 bridgehead atoms. The van der Waals surface area contributed by atoms with Crippen LogP contribution in [0.5, 0.6) is 0 Å². The highest BCUT2D eigenvalue weighted by molar-refractivity contribution is 14.1.